The summed E-state index contributed by atoms with van der Waals surface area (Å²) in [5.41, 5.74) is 0.117. The van der Waals surface area contributed by atoms with Crippen molar-refractivity contribution < 1.29 is 14.5 Å². The fraction of sp³-hybridized carbons (Fsp3) is 0.294. The van der Waals surface area contributed by atoms with Gasteiger partial charge in [0.1, 0.15) is 23.6 Å². The number of nitro groups is 1. The lowest BCUT2D eigenvalue weighted by Gasteiger charge is -2.13. The van der Waals surface area contributed by atoms with E-state index in [1.165, 1.54) is 12.3 Å². The monoisotopic (exact) mass is 380 g/mol. The quantitative estimate of drug-likeness (QED) is 0.352. The van der Waals surface area contributed by atoms with Gasteiger partial charge >= 0.3 is 0 Å². The molecule has 2 rings (SSSR count). The summed E-state index contributed by atoms with van der Waals surface area (Å²) in [6, 6.07) is 3.22. The largest absolute Gasteiger partial charge is 0.482 e. The minimum absolute atomic E-state index is 0.117. The number of anilines is 1. The van der Waals surface area contributed by atoms with Crippen LogP contribution in [0.5, 0.6) is 5.75 Å². The van der Waals surface area contributed by atoms with Crippen molar-refractivity contribution in [3.05, 3.63) is 64.5 Å². The van der Waals surface area contributed by atoms with E-state index in [1.54, 1.807) is 36.4 Å². The van der Waals surface area contributed by atoms with Crippen LogP contribution in [0.4, 0.5) is 5.82 Å². The third-order valence-corrected chi connectivity index (χ3v) is 3.11. The molecule has 2 N–H and O–H groups in total. The number of hydrogen-bond donors (Lipinski definition) is 2. The number of hydrogen-bond acceptors (Lipinski definition) is 6. The summed E-state index contributed by atoms with van der Waals surface area (Å²) in [5.74, 6) is 0.316. The predicted molar refractivity (Wildman–Crippen MR) is 101 cm³/mol. The number of halogens is 1. The van der Waals surface area contributed by atoms with Crippen molar-refractivity contribution >= 4 is 23.3 Å². The number of aromatic nitrogens is 1. The van der Waals surface area contributed by atoms with Gasteiger partial charge in [0, 0.05) is 18.3 Å². The summed E-state index contributed by atoms with van der Waals surface area (Å²) >= 11 is 5.42. The number of carbonyl (C=O) groups excluding carboxylic acids is 1. The highest BCUT2D eigenvalue weighted by Crippen LogP contribution is 2.18. The molecule has 1 aromatic rings. The number of amides is 1. The Balaban J connectivity index is 0.00000105. The second-order valence-electron chi connectivity index (χ2n) is 5.07. The molecule has 0 radical (unpaired) electrons. The van der Waals surface area contributed by atoms with Crippen LogP contribution in [-0.4, -0.2) is 41.9 Å². The number of nitrogens with one attached hydrogen (secondary N) is 2. The number of allylic oxidation sites excluding steroid dienone is 3. The average molecular weight is 381 g/mol. The number of carbonyl (C=O) groups is 1. The topological polar surface area (TPSA) is 106 Å². The van der Waals surface area contributed by atoms with Gasteiger partial charge in [0.05, 0.1) is 11.3 Å². The van der Waals surface area contributed by atoms with Crippen LogP contribution >= 0.6 is 11.6 Å². The third kappa shape index (κ3) is 7.91. The molecule has 1 aliphatic rings. The van der Waals surface area contributed by atoms with Crippen LogP contribution in [0.15, 0.2) is 54.4 Å². The van der Waals surface area contributed by atoms with Gasteiger partial charge in [-0.2, -0.15) is 0 Å². The van der Waals surface area contributed by atoms with E-state index < -0.39 is 4.92 Å². The van der Waals surface area contributed by atoms with Gasteiger partial charge in [-0.05, 0) is 32.3 Å². The standard InChI is InChI=1S/C15H14ClN3O4.C2H7N/c16-10-15(20)18-14-9-13(7-8-17-14)23-12-5-1-3-11(19(21)22)4-2-6-12;1-3-2/h1-3,5-9,12H,4,10H2,(H,17,18,20);3H,1-2H3/b5-1-,6-2?,11-3+;. The first kappa shape index (κ1) is 21.3. The molecule has 140 valence electrons. The minimum Gasteiger partial charge on any atom is -0.482 e. The van der Waals surface area contributed by atoms with E-state index in [-0.39, 0.29) is 30.0 Å². The number of nitrogens with zero attached hydrogens (tertiary/aromatic N) is 2. The Kier molecular flexibility index (Phi) is 9.66. The van der Waals surface area contributed by atoms with Gasteiger partial charge in [-0.25, -0.2) is 4.98 Å². The van der Waals surface area contributed by atoms with Gasteiger partial charge in [-0.15, -0.1) is 11.6 Å². The Labute approximate surface area is 156 Å². The van der Waals surface area contributed by atoms with Gasteiger partial charge in [0.25, 0.3) is 0 Å². The van der Waals surface area contributed by atoms with Crippen LogP contribution in [0, 0.1) is 10.1 Å². The second kappa shape index (κ2) is 11.8. The summed E-state index contributed by atoms with van der Waals surface area (Å²) in [6.07, 6.45) is 9.48. The Morgan fingerprint density at radius 1 is 1.46 bits per heavy atom. The molecule has 1 aliphatic carbocycles. The zero-order chi connectivity index (χ0) is 19.4. The maximum absolute atomic E-state index is 11.2. The normalized spacial score (nSPS) is 18.9. The van der Waals surface area contributed by atoms with Gasteiger partial charge in [0.15, 0.2) is 0 Å². The van der Waals surface area contributed by atoms with Crippen LogP contribution in [0.1, 0.15) is 6.42 Å². The molecule has 1 amide bonds. The van der Waals surface area contributed by atoms with Gasteiger partial charge < -0.3 is 15.4 Å². The SMILES string of the molecule is CNC.O=C(CCl)Nc1cc(OC2C=CC/C([N+](=O)[O-])=C\C=C/2)ccn1. The summed E-state index contributed by atoms with van der Waals surface area (Å²) in [5, 5.41) is 16.0. The van der Waals surface area contributed by atoms with E-state index in [4.69, 9.17) is 16.3 Å². The van der Waals surface area contributed by atoms with E-state index in [1.807, 2.05) is 14.1 Å². The Morgan fingerprint density at radius 3 is 2.85 bits per heavy atom. The Hall–Kier alpha value is -2.71. The maximum Gasteiger partial charge on any atom is 0.249 e. The highest BCUT2D eigenvalue weighted by Gasteiger charge is 2.11. The minimum atomic E-state index is -0.412. The molecule has 1 atom stereocenters. The number of pyridine rings is 1. The molecule has 0 bridgehead atoms. The molecule has 1 heterocycles. The zero-order valence-corrected chi connectivity index (χ0v) is 15.3. The van der Waals surface area contributed by atoms with Crippen molar-refractivity contribution in [2.75, 3.05) is 25.3 Å². The van der Waals surface area contributed by atoms with E-state index in [0.29, 0.717) is 11.6 Å². The molecule has 1 aromatic heterocycles. The number of alkyl halides is 1. The Bertz CT molecular complexity index is 704. The highest BCUT2D eigenvalue weighted by molar-refractivity contribution is 6.29. The van der Waals surface area contributed by atoms with Crippen molar-refractivity contribution in [1.82, 2.24) is 10.3 Å². The molecule has 0 aromatic carbocycles. The summed E-state index contributed by atoms with van der Waals surface area (Å²) in [7, 11) is 3.75. The summed E-state index contributed by atoms with van der Waals surface area (Å²) in [6.45, 7) is 0. The van der Waals surface area contributed by atoms with Crippen molar-refractivity contribution in [3.8, 4) is 5.75 Å². The Morgan fingerprint density at radius 2 is 2.19 bits per heavy atom. The molecule has 1 unspecified atom stereocenters. The third-order valence-electron chi connectivity index (χ3n) is 2.87. The van der Waals surface area contributed by atoms with Crippen LogP contribution in [-0.2, 0) is 4.79 Å². The number of rotatable bonds is 5. The lowest BCUT2D eigenvalue weighted by Crippen LogP contribution is -2.14. The molecule has 26 heavy (non-hydrogen) atoms. The fourth-order valence-electron chi connectivity index (χ4n) is 1.83. The second-order valence-corrected chi connectivity index (χ2v) is 5.34. The van der Waals surface area contributed by atoms with Gasteiger partial charge in [0.2, 0.25) is 11.6 Å². The summed E-state index contributed by atoms with van der Waals surface area (Å²) in [4.78, 5) is 25.6. The maximum atomic E-state index is 11.2. The molecular formula is C17H21ClN4O4. The lowest BCUT2D eigenvalue weighted by atomic mass is 10.2. The molecule has 0 spiro atoms. The van der Waals surface area contributed by atoms with Crippen molar-refractivity contribution in [1.29, 1.82) is 0 Å². The molecular weight excluding hydrogens is 360 g/mol. The van der Waals surface area contributed by atoms with Gasteiger partial charge in [-0.3, -0.25) is 14.9 Å². The van der Waals surface area contributed by atoms with Crippen molar-refractivity contribution in [2.45, 2.75) is 12.5 Å². The first-order chi connectivity index (χ1) is 12.5. The average Bonchev–Trinajstić information content (AvgIpc) is 2.57. The van der Waals surface area contributed by atoms with Crippen LogP contribution in [0.2, 0.25) is 0 Å². The highest BCUT2D eigenvalue weighted by atomic mass is 35.5. The van der Waals surface area contributed by atoms with E-state index in [9.17, 15) is 14.9 Å². The molecule has 9 heteroatoms. The fourth-order valence-corrected chi connectivity index (χ4v) is 1.90. The molecule has 0 saturated carbocycles. The summed E-state index contributed by atoms with van der Waals surface area (Å²) < 4.78 is 5.75. The van der Waals surface area contributed by atoms with Crippen LogP contribution in [0.25, 0.3) is 0 Å². The first-order valence-corrected chi connectivity index (χ1v) is 8.29. The lowest BCUT2D eigenvalue weighted by molar-refractivity contribution is -0.426. The molecule has 0 aliphatic heterocycles. The molecule has 0 saturated heterocycles. The van der Waals surface area contributed by atoms with Crippen LogP contribution < -0.4 is 15.4 Å². The molecule has 8 nitrogen and oxygen atoms in total. The predicted octanol–water partition coefficient (Wildman–Crippen LogP) is 2.52. The smallest absolute Gasteiger partial charge is 0.249 e. The van der Waals surface area contributed by atoms with E-state index >= 15 is 0 Å². The first-order valence-electron chi connectivity index (χ1n) is 7.75. The number of ether oxygens (including phenoxy) is 1. The molecule has 0 fully saturated rings. The van der Waals surface area contributed by atoms with Crippen molar-refractivity contribution in [2.24, 2.45) is 0 Å². The van der Waals surface area contributed by atoms with Crippen LogP contribution in [0.3, 0.4) is 0 Å². The van der Waals surface area contributed by atoms with E-state index in [2.05, 4.69) is 15.6 Å². The van der Waals surface area contributed by atoms with E-state index in [0.717, 1.165) is 0 Å². The zero-order valence-electron chi connectivity index (χ0n) is 14.5. The van der Waals surface area contributed by atoms with Gasteiger partial charge in [-0.1, -0.05) is 12.2 Å². The van der Waals surface area contributed by atoms with Crippen molar-refractivity contribution in [3.63, 3.8) is 0 Å².